The molecule has 1 rings (SSSR count). The number of likely N-dealkylation sites (N-methyl/N-ethyl adjacent to an activating group) is 1. The van der Waals surface area contributed by atoms with Gasteiger partial charge >= 0.3 is 0 Å². The second kappa shape index (κ2) is 7.36. The summed E-state index contributed by atoms with van der Waals surface area (Å²) in [6.45, 7) is 7.39. The van der Waals surface area contributed by atoms with E-state index in [4.69, 9.17) is 0 Å². The summed E-state index contributed by atoms with van der Waals surface area (Å²) in [4.78, 5) is 12.5. The fourth-order valence-corrected chi connectivity index (χ4v) is 2.31. The normalized spacial score (nSPS) is 14.6. The molecule has 1 N–H and O–H groups in total. The van der Waals surface area contributed by atoms with Gasteiger partial charge in [-0.1, -0.05) is 26.0 Å². The first-order valence-corrected chi connectivity index (χ1v) is 6.97. The third-order valence-corrected chi connectivity index (χ3v) is 3.67. The van der Waals surface area contributed by atoms with E-state index in [1.807, 2.05) is 12.1 Å². The lowest BCUT2D eigenvalue weighted by Gasteiger charge is -2.29. The van der Waals surface area contributed by atoms with Crippen molar-refractivity contribution >= 4 is 5.69 Å². The largest absolute Gasteiger partial charge is 0.309 e. The maximum Gasteiger partial charge on any atom is 0.269 e. The molecule has 0 aliphatic heterocycles. The number of non-ortho nitro benzene ring substituents is 1. The van der Waals surface area contributed by atoms with E-state index in [9.17, 15) is 10.1 Å². The molecule has 0 aromatic heterocycles. The zero-order valence-corrected chi connectivity index (χ0v) is 13.0. The molecule has 0 saturated carbocycles. The van der Waals surface area contributed by atoms with Crippen LogP contribution in [0, 0.1) is 16.0 Å². The maximum absolute atomic E-state index is 10.6. The number of nitro groups is 1. The number of rotatable bonds is 7. The van der Waals surface area contributed by atoms with Gasteiger partial charge in [0.1, 0.15) is 0 Å². The molecule has 1 aromatic rings. The zero-order chi connectivity index (χ0) is 15.3. The van der Waals surface area contributed by atoms with Crippen molar-refractivity contribution in [3.63, 3.8) is 0 Å². The van der Waals surface area contributed by atoms with E-state index >= 15 is 0 Å². The van der Waals surface area contributed by atoms with E-state index in [0.29, 0.717) is 12.0 Å². The van der Waals surface area contributed by atoms with Crippen molar-refractivity contribution in [2.75, 3.05) is 20.6 Å². The third kappa shape index (κ3) is 4.58. The van der Waals surface area contributed by atoms with Crippen LogP contribution in [0.4, 0.5) is 5.69 Å². The molecule has 0 bridgehead atoms. The molecule has 0 radical (unpaired) electrons. The Bertz CT molecular complexity index is 421. The number of nitrogens with zero attached hydrogens (tertiary/aromatic N) is 2. The van der Waals surface area contributed by atoms with Crippen LogP contribution in [-0.4, -0.2) is 36.5 Å². The predicted octanol–water partition coefficient (Wildman–Crippen LogP) is 2.83. The molecular formula is C15H25N3O2. The predicted molar refractivity (Wildman–Crippen MR) is 81.8 cm³/mol. The van der Waals surface area contributed by atoms with Crippen LogP contribution in [0.5, 0.6) is 0 Å². The number of nitrogens with one attached hydrogen (secondary N) is 1. The highest BCUT2D eigenvalue weighted by molar-refractivity contribution is 5.34. The molecule has 1 aromatic carbocycles. The number of nitro benzene ring substituents is 1. The van der Waals surface area contributed by atoms with Crippen LogP contribution in [0.15, 0.2) is 24.3 Å². The Morgan fingerprint density at radius 3 is 2.15 bits per heavy atom. The van der Waals surface area contributed by atoms with Gasteiger partial charge < -0.3 is 10.2 Å². The van der Waals surface area contributed by atoms with Crippen LogP contribution in [0.25, 0.3) is 0 Å². The topological polar surface area (TPSA) is 58.4 Å². The minimum atomic E-state index is -0.372. The highest BCUT2D eigenvalue weighted by Crippen LogP contribution is 2.18. The van der Waals surface area contributed by atoms with Crippen LogP contribution in [0.1, 0.15) is 32.4 Å². The summed E-state index contributed by atoms with van der Waals surface area (Å²) in [7, 11) is 4.17. The quantitative estimate of drug-likeness (QED) is 0.616. The molecule has 0 aliphatic rings. The Morgan fingerprint density at radius 1 is 1.20 bits per heavy atom. The second-order valence-electron chi connectivity index (χ2n) is 5.75. The third-order valence-electron chi connectivity index (χ3n) is 3.67. The summed E-state index contributed by atoms with van der Waals surface area (Å²) in [5.41, 5.74) is 1.20. The summed E-state index contributed by atoms with van der Waals surface area (Å²) in [6.07, 6.45) is 0. The highest BCUT2D eigenvalue weighted by atomic mass is 16.6. The first-order valence-electron chi connectivity index (χ1n) is 6.97. The Hall–Kier alpha value is -1.46. The van der Waals surface area contributed by atoms with Crippen molar-refractivity contribution < 1.29 is 4.92 Å². The Balaban J connectivity index is 2.62. The maximum atomic E-state index is 10.6. The summed E-state index contributed by atoms with van der Waals surface area (Å²) in [5, 5.41) is 14.1. The van der Waals surface area contributed by atoms with Gasteiger partial charge in [-0.3, -0.25) is 10.1 Å². The van der Waals surface area contributed by atoms with Gasteiger partial charge in [0, 0.05) is 30.8 Å². The molecule has 20 heavy (non-hydrogen) atoms. The molecule has 5 heteroatoms. The minimum absolute atomic E-state index is 0.134. The van der Waals surface area contributed by atoms with Gasteiger partial charge in [-0.2, -0.15) is 0 Å². The van der Waals surface area contributed by atoms with E-state index in [1.165, 1.54) is 0 Å². The summed E-state index contributed by atoms with van der Waals surface area (Å²) in [6, 6.07) is 7.39. The van der Waals surface area contributed by atoms with Gasteiger partial charge in [0.05, 0.1) is 4.92 Å². The molecular weight excluding hydrogens is 254 g/mol. The first-order chi connectivity index (χ1) is 9.32. The van der Waals surface area contributed by atoms with Crippen molar-refractivity contribution in [1.82, 2.24) is 10.2 Å². The average molecular weight is 279 g/mol. The fraction of sp³-hybridized carbons (Fsp3) is 0.600. The van der Waals surface area contributed by atoms with Crippen LogP contribution >= 0.6 is 0 Å². The monoisotopic (exact) mass is 279 g/mol. The number of benzene rings is 1. The Kier molecular flexibility index (Phi) is 6.10. The molecule has 2 unspecified atom stereocenters. The Labute approximate surface area is 121 Å². The van der Waals surface area contributed by atoms with Gasteiger partial charge in [0.2, 0.25) is 0 Å². The van der Waals surface area contributed by atoms with E-state index in [2.05, 4.69) is 45.1 Å². The zero-order valence-electron chi connectivity index (χ0n) is 13.0. The van der Waals surface area contributed by atoms with Crippen molar-refractivity contribution in [2.24, 2.45) is 5.92 Å². The highest BCUT2D eigenvalue weighted by Gasteiger charge is 2.17. The molecule has 0 heterocycles. The average Bonchev–Trinajstić information content (AvgIpc) is 2.38. The van der Waals surface area contributed by atoms with Gasteiger partial charge in [-0.25, -0.2) is 0 Å². The van der Waals surface area contributed by atoms with Gasteiger partial charge in [0.15, 0.2) is 0 Å². The fourth-order valence-electron chi connectivity index (χ4n) is 2.31. The lowest BCUT2D eigenvalue weighted by molar-refractivity contribution is -0.384. The van der Waals surface area contributed by atoms with Crippen LogP contribution in [0.2, 0.25) is 0 Å². The molecule has 0 saturated heterocycles. The number of hydrogen-bond donors (Lipinski definition) is 1. The summed E-state index contributed by atoms with van der Waals surface area (Å²) < 4.78 is 0. The molecule has 0 aliphatic carbocycles. The molecule has 112 valence electrons. The lowest BCUT2D eigenvalue weighted by atomic mass is 10.0. The molecule has 5 nitrogen and oxygen atoms in total. The minimum Gasteiger partial charge on any atom is -0.309 e. The van der Waals surface area contributed by atoms with E-state index in [1.54, 1.807) is 12.1 Å². The number of hydrogen-bond acceptors (Lipinski definition) is 4. The van der Waals surface area contributed by atoms with Crippen molar-refractivity contribution in [1.29, 1.82) is 0 Å². The van der Waals surface area contributed by atoms with Crippen molar-refractivity contribution in [2.45, 2.75) is 32.9 Å². The van der Waals surface area contributed by atoms with Gasteiger partial charge in [-0.05, 0) is 32.5 Å². The van der Waals surface area contributed by atoms with Gasteiger partial charge in [-0.15, -0.1) is 0 Å². The molecule has 0 spiro atoms. The van der Waals surface area contributed by atoms with Crippen LogP contribution in [-0.2, 0) is 0 Å². The SMILES string of the molecule is CC(NCC(C(C)C)N(C)C)c1ccc([N+](=O)[O-])cc1. The molecule has 0 amide bonds. The summed E-state index contributed by atoms with van der Waals surface area (Å²) >= 11 is 0. The van der Waals surface area contributed by atoms with Gasteiger partial charge in [0.25, 0.3) is 5.69 Å². The van der Waals surface area contributed by atoms with E-state index < -0.39 is 0 Å². The van der Waals surface area contributed by atoms with Crippen LogP contribution in [0.3, 0.4) is 0 Å². The van der Waals surface area contributed by atoms with Crippen molar-refractivity contribution in [3.05, 3.63) is 39.9 Å². The molecule has 2 atom stereocenters. The second-order valence-corrected chi connectivity index (χ2v) is 5.75. The van der Waals surface area contributed by atoms with Crippen molar-refractivity contribution in [3.8, 4) is 0 Å². The standard InChI is InChI=1S/C15H25N3O2/c1-11(2)15(17(4)5)10-16-12(3)13-6-8-14(9-7-13)18(19)20/h6-9,11-12,15-16H,10H2,1-5H3. The van der Waals surface area contributed by atoms with E-state index in [-0.39, 0.29) is 16.7 Å². The Morgan fingerprint density at radius 2 is 1.75 bits per heavy atom. The summed E-state index contributed by atoms with van der Waals surface area (Å²) in [5.74, 6) is 0.571. The smallest absolute Gasteiger partial charge is 0.269 e. The molecule has 0 fully saturated rings. The van der Waals surface area contributed by atoms with E-state index in [0.717, 1.165) is 12.1 Å². The lowest BCUT2D eigenvalue weighted by Crippen LogP contribution is -2.42. The first kappa shape index (κ1) is 16.6. The van der Waals surface area contributed by atoms with Crippen LogP contribution < -0.4 is 5.32 Å².